The van der Waals surface area contributed by atoms with E-state index in [0.717, 1.165) is 49.2 Å². The molecule has 2 aromatic carbocycles. The normalized spacial score (nSPS) is 11.2. The topological polar surface area (TPSA) is 93.7 Å². The highest BCUT2D eigenvalue weighted by molar-refractivity contribution is 9.10. The monoisotopic (exact) mass is 473 g/mol. The highest BCUT2D eigenvalue weighted by Gasteiger charge is 2.13. The summed E-state index contributed by atoms with van der Waals surface area (Å²) < 4.78 is 2.87. The molecular formula is C23H20BrN7. The summed E-state index contributed by atoms with van der Waals surface area (Å²) in [7, 11) is 1.87. The fourth-order valence-electron chi connectivity index (χ4n) is 3.62. The SMILES string of the molecule is CNc1ccc2ccc(CNc3cccc(-n4cc(Br)c5c(N)ncnc54)c3)cc2n1. The number of anilines is 3. The minimum absolute atomic E-state index is 0.455. The van der Waals surface area contributed by atoms with E-state index in [2.05, 4.69) is 71.8 Å². The van der Waals surface area contributed by atoms with Crippen LogP contribution < -0.4 is 16.4 Å². The van der Waals surface area contributed by atoms with E-state index in [1.807, 2.05) is 42.1 Å². The second kappa shape index (κ2) is 7.88. The summed E-state index contributed by atoms with van der Waals surface area (Å²) in [5.74, 6) is 1.32. The average Bonchev–Trinajstić information content (AvgIpc) is 3.15. The molecule has 0 aliphatic rings. The standard InChI is InChI=1S/C23H20BrN7/c1-26-20-8-7-15-6-5-14(9-19(15)30-20)11-27-16-3-2-4-17(10-16)31-12-18(24)21-22(25)28-13-29-23(21)31/h2-10,12-13,27H,11H2,1H3,(H,26,30)(H2,25,28,29). The fourth-order valence-corrected chi connectivity index (χ4v) is 4.20. The maximum absolute atomic E-state index is 6.03. The van der Waals surface area contributed by atoms with Gasteiger partial charge in [0.2, 0.25) is 0 Å². The van der Waals surface area contributed by atoms with Crippen molar-refractivity contribution < 1.29 is 0 Å². The van der Waals surface area contributed by atoms with Crippen LogP contribution in [0.4, 0.5) is 17.3 Å². The van der Waals surface area contributed by atoms with Gasteiger partial charge in [-0.15, -0.1) is 0 Å². The smallest absolute Gasteiger partial charge is 0.151 e. The van der Waals surface area contributed by atoms with E-state index in [-0.39, 0.29) is 0 Å². The van der Waals surface area contributed by atoms with Crippen LogP contribution in [-0.4, -0.2) is 26.6 Å². The lowest BCUT2D eigenvalue weighted by atomic mass is 10.1. The molecule has 4 N–H and O–H groups in total. The van der Waals surface area contributed by atoms with Crippen molar-refractivity contribution in [3.63, 3.8) is 0 Å². The van der Waals surface area contributed by atoms with Crippen LogP contribution >= 0.6 is 15.9 Å². The van der Waals surface area contributed by atoms with Gasteiger partial charge in [0.25, 0.3) is 0 Å². The van der Waals surface area contributed by atoms with Crippen LogP contribution in [0, 0.1) is 0 Å². The van der Waals surface area contributed by atoms with Crippen molar-refractivity contribution in [3.05, 3.63) is 77.2 Å². The number of benzene rings is 2. The molecule has 3 heterocycles. The Kier molecular flexibility index (Phi) is 4.91. The van der Waals surface area contributed by atoms with Crippen LogP contribution in [0.1, 0.15) is 5.56 Å². The van der Waals surface area contributed by atoms with Crippen LogP contribution in [0.5, 0.6) is 0 Å². The van der Waals surface area contributed by atoms with Crippen LogP contribution in [0.15, 0.2) is 71.6 Å². The molecule has 0 radical (unpaired) electrons. The van der Waals surface area contributed by atoms with Crippen molar-refractivity contribution >= 4 is 55.2 Å². The first-order valence-corrected chi connectivity index (χ1v) is 10.6. The number of pyridine rings is 1. The zero-order valence-electron chi connectivity index (χ0n) is 16.8. The van der Waals surface area contributed by atoms with Gasteiger partial charge in [-0.25, -0.2) is 15.0 Å². The minimum Gasteiger partial charge on any atom is -0.383 e. The third-order valence-corrected chi connectivity index (χ3v) is 5.80. The third kappa shape index (κ3) is 3.66. The molecule has 154 valence electrons. The molecule has 0 fully saturated rings. The molecule has 0 atom stereocenters. The predicted octanol–water partition coefficient (Wildman–Crippen LogP) is 4.97. The lowest BCUT2D eigenvalue weighted by molar-refractivity contribution is 1.07. The van der Waals surface area contributed by atoms with Gasteiger partial charge in [0.1, 0.15) is 18.0 Å². The number of fused-ring (bicyclic) bond motifs is 2. The second-order valence-electron chi connectivity index (χ2n) is 7.18. The number of nitrogens with two attached hydrogens (primary N) is 1. The molecule has 0 unspecified atom stereocenters. The maximum atomic E-state index is 6.03. The van der Waals surface area contributed by atoms with Crippen molar-refractivity contribution in [1.82, 2.24) is 19.5 Å². The van der Waals surface area contributed by atoms with E-state index >= 15 is 0 Å². The number of nitrogens with zero attached hydrogens (tertiary/aromatic N) is 4. The summed E-state index contributed by atoms with van der Waals surface area (Å²) >= 11 is 3.57. The van der Waals surface area contributed by atoms with Gasteiger partial charge in [-0.05, 0) is 57.9 Å². The highest BCUT2D eigenvalue weighted by atomic mass is 79.9. The third-order valence-electron chi connectivity index (χ3n) is 5.20. The van der Waals surface area contributed by atoms with Crippen LogP contribution in [0.2, 0.25) is 0 Å². The highest BCUT2D eigenvalue weighted by Crippen LogP contribution is 2.31. The molecule has 0 aliphatic heterocycles. The molecule has 31 heavy (non-hydrogen) atoms. The van der Waals surface area contributed by atoms with E-state index in [1.165, 1.54) is 6.33 Å². The van der Waals surface area contributed by atoms with Gasteiger partial charge in [-0.1, -0.05) is 18.2 Å². The molecule has 3 aromatic heterocycles. The molecule has 0 saturated carbocycles. The molecular weight excluding hydrogens is 454 g/mol. The van der Waals surface area contributed by atoms with Crippen molar-refractivity contribution in [3.8, 4) is 5.69 Å². The van der Waals surface area contributed by atoms with Gasteiger partial charge in [-0.3, -0.25) is 4.57 Å². The summed E-state index contributed by atoms with van der Waals surface area (Å²) in [5.41, 5.74) is 10.9. The Morgan fingerprint density at radius 1 is 1.06 bits per heavy atom. The number of rotatable bonds is 5. The Balaban J connectivity index is 1.42. The average molecular weight is 474 g/mol. The van der Waals surface area contributed by atoms with Crippen molar-refractivity contribution in [2.45, 2.75) is 6.54 Å². The van der Waals surface area contributed by atoms with Crippen molar-refractivity contribution in [1.29, 1.82) is 0 Å². The van der Waals surface area contributed by atoms with E-state index in [4.69, 9.17) is 5.73 Å². The van der Waals surface area contributed by atoms with Crippen molar-refractivity contribution in [2.24, 2.45) is 0 Å². The number of halogens is 1. The van der Waals surface area contributed by atoms with Gasteiger partial charge in [0, 0.05) is 41.0 Å². The van der Waals surface area contributed by atoms with E-state index in [0.29, 0.717) is 12.4 Å². The molecule has 5 rings (SSSR count). The molecule has 5 aromatic rings. The largest absolute Gasteiger partial charge is 0.383 e. The minimum atomic E-state index is 0.455. The van der Waals surface area contributed by atoms with Gasteiger partial charge < -0.3 is 16.4 Å². The van der Waals surface area contributed by atoms with Crippen molar-refractivity contribution in [2.75, 3.05) is 23.4 Å². The van der Waals surface area contributed by atoms with Gasteiger partial charge in [-0.2, -0.15) is 0 Å². The zero-order valence-corrected chi connectivity index (χ0v) is 18.4. The Labute approximate surface area is 187 Å². The molecule has 0 amide bonds. The quantitative estimate of drug-likeness (QED) is 0.333. The Morgan fingerprint density at radius 2 is 1.94 bits per heavy atom. The first-order chi connectivity index (χ1) is 15.1. The predicted molar refractivity (Wildman–Crippen MR) is 130 cm³/mol. The summed E-state index contributed by atoms with van der Waals surface area (Å²) in [5, 5.41) is 8.52. The lowest BCUT2D eigenvalue weighted by Crippen LogP contribution is -2.01. The van der Waals surface area contributed by atoms with E-state index < -0.39 is 0 Å². The molecule has 7 nitrogen and oxygen atoms in total. The molecule has 0 bridgehead atoms. The van der Waals surface area contributed by atoms with Crippen LogP contribution in [0.3, 0.4) is 0 Å². The first kappa shape index (κ1) is 19.3. The Hall–Kier alpha value is -3.65. The first-order valence-electron chi connectivity index (χ1n) is 9.81. The van der Waals surface area contributed by atoms with E-state index in [1.54, 1.807) is 0 Å². The summed E-state index contributed by atoms with van der Waals surface area (Å²) in [6.45, 7) is 0.691. The lowest BCUT2D eigenvalue weighted by Gasteiger charge is -2.11. The number of hydrogen-bond donors (Lipinski definition) is 3. The van der Waals surface area contributed by atoms with Gasteiger partial charge in [0.15, 0.2) is 5.65 Å². The van der Waals surface area contributed by atoms with E-state index in [9.17, 15) is 0 Å². The Bertz CT molecular complexity index is 1410. The van der Waals surface area contributed by atoms with Crippen LogP contribution in [0.25, 0.3) is 27.6 Å². The van der Waals surface area contributed by atoms with Gasteiger partial charge in [0.05, 0.1) is 10.9 Å². The van der Waals surface area contributed by atoms with Crippen LogP contribution in [-0.2, 0) is 6.54 Å². The number of nitrogens with one attached hydrogen (secondary N) is 2. The molecule has 0 aliphatic carbocycles. The molecule has 8 heteroatoms. The second-order valence-corrected chi connectivity index (χ2v) is 8.04. The van der Waals surface area contributed by atoms with Gasteiger partial charge >= 0.3 is 0 Å². The molecule has 0 saturated heterocycles. The maximum Gasteiger partial charge on any atom is 0.151 e. The number of hydrogen-bond acceptors (Lipinski definition) is 6. The molecule has 0 spiro atoms. The summed E-state index contributed by atoms with van der Waals surface area (Å²) in [6, 6.07) is 18.6. The zero-order chi connectivity index (χ0) is 21.4. The fraction of sp³-hybridized carbons (Fsp3) is 0.0870. The Morgan fingerprint density at radius 3 is 2.81 bits per heavy atom. The number of aromatic nitrogens is 4. The summed E-state index contributed by atoms with van der Waals surface area (Å²) in [4.78, 5) is 13.1. The number of nitrogen functional groups attached to an aromatic ring is 1. The summed E-state index contributed by atoms with van der Waals surface area (Å²) in [6.07, 6.45) is 3.44.